The van der Waals surface area contributed by atoms with E-state index in [0.29, 0.717) is 5.82 Å². The summed E-state index contributed by atoms with van der Waals surface area (Å²) in [6.45, 7) is 0. The van der Waals surface area contributed by atoms with Gasteiger partial charge in [-0.2, -0.15) is 0 Å². The SMILES string of the molecule is c1ccc(-c2ccc3c(c2)c2cc(-c4ccccc4)ccc2n3-c2ccc(-c3ccc(-c4nc(-c5ccccc5)cc(-c5ccccc5-c5ccccc5)n4)c4ccccc34)c3ccccc23)cc1. The average molecular weight is 878 g/mol. The van der Waals surface area contributed by atoms with E-state index < -0.39 is 0 Å². The first-order valence-corrected chi connectivity index (χ1v) is 23.6. The minimum absolute atomic E-state index is 0.689. The molecule has 2 aromatic heterocycles. The highest BCUT2D eigenvalue weighted by atomic mass is 15.0. The molecular weight excluding hydrogens is 835 g/mol. The fourth-order valence-corrected chi connectivity index (χ4v) is 10.4. The van der Waals surface area contributed by atoms with E-state index in [0.717, 1.165) is 61.2 Å². The van der Waals surface area contributed by atoms with Crippen LogP contribution in [-0.2, 0) is 0 Å². The van der Waals surface area contributed by atoms with Crippen molar-refractivity contribution in [3.05, 3.63) is 261 Å². The van der Waals surface area contributed by atoms with Gasteiger partial charge in [0, 0.05) is 32.8 Å². The van der Waals surface area contributed by atoms with Gasteiger partial charge >= 0.3 is 0 Å². The van der Waals surface area contributed by atoms with Crippen molar-refractivity contribution < 1.29 is 0 Å². The van der Waals surface area contributed by atoms with Gasteiger partial charge in [-0.1, -0.05) is 218 Å². The number of nitrogens with zero attached hydrogens (tertiary/aromatic N) is 3. The van der Waals surface area contributed by atoms with Crippen molar-refractivity contribution in [1.82, 2.24) is 14.5 Å². The fraction of sp³-hybridized carbons (Fsp3) is 0. The van der Waals surface area contributed by atoms with E-state index in [2.05, 4.69) is 259 Å². The molecule has 0 spiro atoms. The Morgan fingerprint density at radius 2 is 0.652 bits per heavy atom. The van der Waals surface area contributed by atoms with E-state index in [1.165, 1.54) is 60.4 Å². The lowest BCUT2D eigenvalue weighted by Gasteiger charge is -2.17. The molecule has 11 aromatic carbocycles. The van der Waals surface area contributed by atoms with Crippen molar-refractivity contribution in [2.24, 2.45) is 0 Å². The summed E-state index contributed by atoms with van der Waals surface area (Å²) in [5.41, 5.74) is 17.8. The van der Waals surface area contributed by atoms with Crippen molar-refractivity contribution in [3.8, 4) is 84.1 Å². The van der Waals surface area contributed by atoms with E-state index in [1.54, 1.807) is 0 Å². The monoisotopic (exact) mass is 877 g/mol. The predicted molar refractivity (Wildman–Crippen MR) is 289 cm³/mol. The van der Waals surface area contributed by atoms with Crippen LogP contribution in [0.2, 0.25) is 0 Å². The van der Waals surface area contributed by atoms with Crippen LogP contribution in [0.3, 0.4) is 0 Å². The van der Waals surface area contributed by atoms with Gasteiger partial charge in [-0.05, 0) is 103 Å². The molecule has 0 radical (unpaired) electrons. The molecule has 0 bridgehead atoms. The third-order valence-corrected chi connectivity index (χ3v) is 13.7. The van der Waals surface area contributed by atoms with Gasteiger partial charge in [-0.3, -0.25) is 0 Å². The summed E-state index contributed by atoms with van der Waals surface area (Å²) in [5, 5.41) is 7.06. The number of hydrogen-bond acceptors (Lipinski definition) is 2. The Hall–Kier alpha value is -9.18. The Morgan fingerprint density at radius 3 is 1.23 bits per heavy atom. The Morgan fingerprint density at radius 1 is 0.232 bits per heavy atom. The molecular formula is C66H43N3. The molecule has 69 heavy (non-hydrogen) atoms. The highest BCUT2D eigenvalue weighted by Crippen LogP contribution is 2.43. The van der Waals surface area contributed by atoms with Crippen LogP contribution >= 0.6 is 0 Å². The maximum atomic E-state index is 5.41. The molecule has 0 fully saturated rings. The van der Waals surface area contributed by atoms with Crippen LogP contribution in [0.4, 0.5) is 0 Å². The van der Waals surface area contributed by atoms with Crippen molar-refractivity contribution in [2.45, 2.75) is 0 Å². The van der Waals surface area contributed by atoms with Crippen LogP contribution in [0, 0.1) is 0 Å². The predicted octanol–water partition coefficient (Wildman–Crippen LogP) is 17.5. The maximum absolute atomic E-state index is 5.41. The third kappa shape index (κ3) is 7.08. The Kier molecular flexibility index (Phi) is 9.84. The van der Waals surface area contributed by atoms with E-state index in [1.807, 2.05) is 6.07 Å². The van der Waals surface area contributed by atoms with E-state index in [9.17, 15) is 0 Å². The van der Waals surface area contributed by atoms with Crippen LogP contribution in [0.15, 0.2) is 261 Å². The molecule has 0 unspecified atom stereocenters. The van der Waals surface area contributed by atoms with Gasteiger partial charge in [-0.25, -0.2) is 9.97 Å². The quantitative estimate of drug-likeness (QED) is 0.152. The Labute approximate surface area is 400 Å². The summed E-state index contributed by atoms with van der Waals surface area (Å²) in [4.78, 5) is 10.7. The second-order valence-electron chi connectivity index (χ2n) is 17.7. The number of fused-ring (bicyclic) bond motifs is 5. The first-order valence-electron chi connectivity index (χ1n) is 23.6. The molecule has 0 aliphatic rings. The zero-order valence-corrected chi connectivity index (χ0v) is 37.7. The zero-order chi connectivity index (χ0) is 45.7. The zero-order valence-electron chi connectivity index (χ0n) is 37.7. The van der Waals surface area contributed by atoms with Gasteiger partial charge in [0.25, 0.3) is 0 Å². The number of rotatable bonds is 8. The van der Waals surface area contributed by atoms with Gasteiger partial charge in [0.15, 0.2) is 5.82 Å². The number of benzene rings is 11. The highest BCUT2D eigenvalue weighted by Gasteiger charge is 2.21. The van der Waals surface area contributed by atoms with E-state index in [4.69, 9.17) is 9.97 Å². The van der Waals surface area contributed by atoms with Gasteiger partial charge in [0.2, 0.25) is 0 Å². The minimum atomic E-state index is 0.689. The lowest BCUT2D eigenvalue weighted by Crippen LogP contribution is -1.98. The largest absolute Gasteiger partial charge is 0.309 e. The summed E-state index contributed by atoms with van der Waals surface area (Å²) in [6, 6.07) is 93.6. The van der Waals surface area contributed by atoms with Crippen molar-refractivity contribution in [3.63, 3.8) is 0 Å². The van der Waals surface area contributed by atoms with Crippen LogP contribution in [0.5, 0.6) is 0 Å². The maximum Gasteiger partial charge on any atom is 0.161 e. The van der Waals surface area contributed by atoms with Crippen molar-refractivity contribution in [2.75, 3.05) is 0 Å². The highest BCUT2D eigenvalue weighted by molar-refractivity contribution is 6.15. The molecule has 0 aliphatic heterocycles. The lowest BCUT2D eigenvalue weighted by atomic mass is 9.91. The topological polar surface area (TPSA) is 30.7 Å². The van der Waals surface area contributed by atoms with Gasteiger partial charge in [-0.15, -0.1) is 0 Å². The molecule has 3 nitrogen and oxygen atoms in total. The van der Waals surface area contributed by atoms with Gasteiger partial charge < -0.3 is 4.57 Å². The molecule has 2 heterocycles. The van der Waals surface area contributed by atoms with Crippen LogP contribution < -0.4 is 0 Å². The van der Waals surface area contributed by atoms with Crippen molar-refractivity contribution in [1.29, 1.82) is 0 Å². The van der Waals surface area contributed by atoms with E-state index >= 15 is 0 Å². The summed E-state index contributed by atoms with van der Waals surface area (Å²) in [7, 11) is 0. The Balaban J connectivity index is 0.984. The third-order valence-electron chi connectivity index (χ3n) is 13.7. The molecule has 0 atom stereocenters. The molecule has 0 N–H and O–H groups in total. The summed E-state index contributed by atoms with van der Waals surface area (Å²) in [6.07, 6.45) is 0. The molecule has 0 saturated heterocycles. The summed E-state index contributed by atoms with van der Waals surface area (Å²) < 4.78 is 2.46. The molecule has 0 saturated carbocycles. The second-order valence-corrected chi connectivity index (χ2v) is 17.7. The van der Waals surface area contributed by atoms with Crippen LogP contribution in [0.25, 0.3) is 127 Å². The molecule has 13 aromatic rings. The van der Waals surface area contributed by atoms with Crippen LogP contribution in [0.1, 0.15) is 0 Å². The molecule has 0 aliphatic carbocycles. The fourth-order valence-electron chi connectivity index (χ4n) is 10.4. The van der Waals surface area contributed by atoms with Gasteiger partial charge in [0.05, 0.1) is 28.1 Å². The molecule has 322 valence electrons. The summed E-state index contributed by atoms with van der Waals surface area (Å²) in [5.74, 6) is 0.689. The lowest BCUT2D eigenvalue weighted by molar-refractivity contribution is 1.19. The second kappa shape index (κ2) is 16.9. The first kappa shape index (κ1) is 40.1. The summed E-state index contributed by atoms with van der Waals surface area (Å²) >= 11 is 0. The van der Waals surface area contributed by atoms with Crippen LogP contribution in [-0.4, -0.2) is 14.5 Å². The number of aromatic nitrogens is 3. The Bertz CT molecular complexity index is 3950. The molecule has 13 rings (SSSR count). The normalized spacial score (nSPS) is 11.5. The standard InChI is InChI=1S/C66H43N3/c1-5-19-44(20-6-1)48-33-38-64-59(41-48)60-42-49(45-21-7-2-8-22-45)34-39-65(60)69(64)63-40-37-55(52-29-16-18-32-57(52)63)54-35-36-58(53-30-15-14-28-51(53)54)66-67-61(47-25-11-4-12-26-47)43-62(68-66)56-31-17-13-27-50(56)46-23-9-3-10-24-46/h1-43H. The van der Waals surface area contributed by atoms with E-state index in [-0.39, 0.29) is 0 Å². The molecule has 3 heteroatoms. The molecule has 0 amide bonds. The minimum Gasteiger partial charge on any atom is -0.309 e. The van der Waals surface area contributed by atoms with Gasteiger partial charge in [0.1, 0.15) is 0 Å². The van der Waals surface area contributed by atoms with Crippen molar-refractivity contribution >= 4 is 43.4 Å². The average Bonchev–Trinajstić information content (AvgIpc) is 3.76. The first-order chi connectivity index (χ1) is 34.2. The number of hydrogen-bond donors (Lipinski definition) is 0. The smallest absolute Gasteiger partial charge is 0.161 e.